The zero-order chi connectivity index (χ0) is 20.9. The van der Waals surface area contributed by atoms with Gasteiger partial charge in [0, 0.05) is 28.5 Å². The van der Waals surface area contributed by atoms with E-state index in [1.807, 2.05) is 43.3 Å². The molecule has 0 saturated heterocycles. The van der Waals surface area contributed by atoms with Crippen LogP contribution >= 0.6 is 11.6 Å². The second-order valence-corrected chi connectivity index (χ2v) is 10.4. The van der Waals surface area contributed by atoms with Gasteiger partial charge in [0.2, 0.25) is 0 Å². The topological polar surface area (TPSA) is 69.2 Å². The van der Waals surface area contributed by atoms with Gasteiger partial charge in [-0.15, -0.1) is 4.31 Å². The molecule has 0 bridgehead atoms. The van der Waals surface area contributed by atoms with Gasteiger partial charge in [-0.1, -0.05) is 45.6 Å². The summed E-state index contributed by atoms with van der Waals surface area (Å²) in [6.07, 6.45) is 2.82. The number of aryl methyl sites for hydroxylation is 1. The van der Waals surface area contributed by atoms with Crippen molar-refractivity contribution in [2.24, 2.45) is 0 Å². The molecule has 1 aromatic heterocycles. The van der Waals surface area contributed by atoms with Crippen molar-refractivity contribution in [1.82, 2.24) is 14.3 Å². The van der Waals surface area contributed by atoms with Gasteiger partial charge in [0.25, 0.3) is 0 Å². The Hall–Kier alpha value is -2.12. The minimum absolute atomic E-state index is 0.272. The molecule has 1 aliphatic heterocycles. The Labute approximate surface area is 182 Å². The van der Waals surface area contributed by atoms with Gasteiger partial charge in [0.15, 0.2) is 15.3 Å². The molecule has 2 heterocycles. The Morgan fingerprint density at radius 3 is 2.43 bits per heavy atom. The Bertz CT molecular complexity index is 1140. The molecular weight excluding hydrogens is 418 g/mol. The lowest BCUT2D eigenvalue weighted by atomic mass is 10.00. The van der Waals surface area contributed by atoms with Crippen LogP contribution in [-0.2, 0) is 27.6 Å². The van der Waals surface area contributed by atoms with E-state index in [-0.39, 0.29) is 6.54 Å². The van der Waals surface area contributed by atoms with E-state index in [9.17, 15) is 8.76 Å². The molecule has 2 aliphatic rings. The lowest BCUT2D eigenvalue weighted by molar-refractivity contribution is 0.337. The third-order valence-electron chi connectivity index (χ3n) is 5.76. The number of rotatable bonds is 4. The molecule has 5 rings (SSSR count). The van der Waals surface area contributed by atoms with Crippen LogP contribution in [0.15, 0.2) is 53.4 Å². The van der Waals surface area contributed by atoms with Crippen molar-refractivity contribution in [2.75, 3.05) is 6.54 Å². The number of hydrogen-bond acceptors (Lipinski definition) is 4. The number of hydrogen-bond donors (Lipinski definition) is 0. The molecule has 0 radical (unpaired) electrons. The van der Waals surface area contributed by atoms with Gasteiger partial charge in [-0.25, -0.2) is 9.97 Å². The summed E-state index contributed by atoms with van der Waals surface area (Å²) in [4.78, 5) is 10.0. The Morgan fingerprint density at radius 2 is 1.77 bits per heavy atom. The highest BCUT2D eigenvalue weighted by Gasteiger charge is 2.36. The fraction of sp³-hybridized carbons (Fsp3) is 0.304. The number of fused-ring (bicyclic) bond motifs is 1. The summed E-state index contributed by atoms with van der Waals surface area (Å²) in [7, 11) is -3.58. The van der Waals surface area contributed by atoms with Crippen LogP contribution < -0.4 is 0 Å². The van der Waals surface area contributed by atoms with Crippen molar-refractivity contribution in [2.45, 2.75) is 43.5 Å². The normalized spacial score (nSPS) is 18.6. The van der Waals surface area contributed by atoms with Gasteiger partial charge < -0.3 is 4.55 Å². The highest BCUT2D eigenvalue weighted by Crippen LogP contribution is 2.41. The smallest absolute Gasteiger partial charge is 0.175 e. The van der Waals surface area contributed by atoms with Crippen molar-refractivity contribution in [3.05, 3.63) is 76.2 Å². The molecule has 2 aromatic carbocycles. The van der Waals surface area contributed by atoms with E-state index in [4.69, 9.17) is 21.6 Å². The maximum Gasteiger partial charge on any atom is 0.175 e. The summed E-state index contributed by atoms with van der Waals surface area (Å²) < 4.78 is 28.0. The molecule has 7 heteroatoms. The molecule has 5 nitrogen and oxygen atoms in total. The number of aromatic nitrogens is 2. The highest BCUT2D eigenvalue weighted by molar-refractivity contribution is 7.95. The van der Waals surface area contributed by atoms with Gasteiger partial charge in [-0.05, 0) is 44.0 Å². The van der Waals surface area contributed by atoms with E-state index in [0.29, 0.717) is 28.8 Å². The largest absolute Gasteiger partial charge is 0.593 e. The number of nitrogens with zero attached hydrogens (tertiary/aromatic N) is 3. The molecule has 0 amide bonds. The fourth-order valence-corrected chi connectivity index (χ4v) is 5.38. The molecule has 1 saturated carbocycles. The molecule has 0 N–H and O–H groups in total. The van der Waals surface area contributed by atoms with Crippen LogP contribution in [0, 0.1) is 6.92 Å². The molecule has 1 fully saturated rings. The predicted octanol–water partition coefficient (Wildman–Crippen LogP) is 4.94. The molecular formula is C23H22ClN3O2S. The van der Waals surface area contributed by atoms with E-state index in [1.54, 1.807) is 16.4 Å². The molecule has 1 unspecified atom stereocenters. The fourth-order valence-electron chi connectivity index (χ4n) is 3.84. The van der Waals surface area contributed by atoms with Crippen molar-refractivity contribution < 1.29 is 8.76 Å². The Kier molecular flexibility index (Phi) is 4.98. The van der Waals surface area contributed by atoms with E-state index in [2.05, 4.69) is 0 Å². The van der Waals surface area contributed by atoms with Crippen molar-refractivity contribution in [1.29, 1.82) is 0 Å². The first kappa shape index (κ1) is 19.8. The second-order valence-electron chi connectivity index (χ2n) is 8.04. The van der Waals surface area contributed by atoms with E-state index < -0.39 is 10.4 Å². The minimum atomic E-state index is -3.58. The van der Waals surface area contributed by atoms with Crippen LogP contribution in [0.1, 0.15) is 41.4 Å². The first-order chi connectivity index (χ1) is 14.4. The average molecular weight is 440 g/mol. The van der Waals surface area contributed by atoms with Crippen molar-refractivity contribution in [3.8, 4) is 11.3 Å². The maximum atomic E-state index is 13.3. The quantitative estimate of drug-likeness (QED) is 0.539. The summed E-state index contributed by atoms with van der Waals surface area (Å²) in [5.41, 5.74) is 4.65. The van der Waals surface area contributed by atoms with Crippen molar-refractivity contribution >= 4 is 22.0 Å². The third-order valence-corrected chi connectivity index (χ3v) is 7.87. The first-order valence-electron chi connectivity index (χ1n) is 10.1. The van der Waals surface area contributed by atoms with Crippen LogP contribution in [0.4, 0.5) is 0 Å². The average Bonchev–Trinajstić information content (AvgIpc) is 3.59. The van der Waals surface area contributed by atoms with Gasteiger partial charge in [0.05, 0.1) is 24.5 Å². The molecule has 1 aliphatic carbocycles. The number of sulfonamides is 1. The lowest BCUT2D eigenvalue weighted by Gasteiger charge is -2.32. The zero-order valence-electron chi connectivity index (χ0n) is 16.7. The third kappa shape index (κ3) is 3.69. The van der Waals surface area contributed by atoms with E-state index in [0.717, 1.165) is 46.7 Å². The van der Waals surface area contributed by atoms with E-state index in [1.165, 1.54) is 0 Å². The molecule has 3 aromatic rings. The van der Waals surface area contributed by atoms with Crippen LogP contribution in [0.2, 0.25) is 5.02 Å². The number of halogens is 1. The van der Waals surface area contributed by atoms with Crippen molar-refractivity contribution in [3.63, 3.8) is 0 Å². The SMILES string of the molecule is Cc1ccc([S+](=O)([O-])N2CCc3nc(C4CC4)nc(-c4ccc(Cl)cc4)c3C2)cc1. The monoisotopic (exact) mass is 439 g/mol. The van der Waals surface area contributed by atoms with Crippen LogP contribution in [-0.4, -0.2) is 25.4 Å². The zero-order valence-corrected chi connectivity index (χ0v) is 18.2. The first-order valence-corrected chi connectivity index (χ1v) is 12.0. The number of benzene rings is 2. The second kappa shape index (κ2) is 7.54. The lowest BCUT2D eigenvalue weighted by Crippen LogP contribution is -2.40. The summed E-state index contributed by atoms with van der Waals surface area (Å²) in [5.74, 6) is 1.31. The van der Waals surface area contributed by atoms with E-state index >= 15 is 0 Å². The molecule has 30 heavy (non-hydrogen) atoms. The summed E-state index contributed by atoms with van der Waals surface area (Å²) in [6, 6.07) is 14.6. The van der Waals surface area contributed by atoms with Gasteiger partial charge in [-0.3, -0.25) is 0 Å². The predicted molar refractivity (Wildman–Crippen MR) is 117 cm³/mol. The molecule has 1 atom stereocenters. The van der Waals surface area contributed by atoms with Gasteiger partial charge >= 0.3 is 0 Å². The summed E-state index contributed by atoms with van der Waals surface area (Å²) in [5, 5.41) is 0.660. The molecule has 154 valence electrons. The van der Waals surface area contributed by atoms with Crippen LogP contribution in [0.3, 0.4) is 0 Å². The highest BCUT2D eigenvalue weighted by atomic mass is 35.5. The standard InChI is InChI=1S/C23H22ClN3O2S/c1-15-2-10-19(11-3-15)30(28,29)27-13-12-21-20(14-27)22(16-6-8-18(24)9-7-16)26-23(25-21)17-4-5-17/h2-3,6-11,17H,4-5,12-14H2,1H3. The van der Waals surface area contributed by atoms with Crippen LogP contribution in [0.5, 0.6) is 0 Å². The summed E-state index contributed by atoms with van der Waals surface area (Å²) in [6.45, 7) is 2.64. The Balaban J connectivity index is 1.56. The maximum absolute atomic E-state index is 13.3. The van der Waals surface area contributed by atoms with Crippen LogP contribution in [0.25, 0.3) is 11.3 Å². The summed E-state index contributed by atoms with van der Waals surface area (Å²) >= 11 is 6.08. The van der Waals surface area contributed by atoms with Gasteiger partial charge in [0.1, 0.15) is 5.82 Å². The van der Waals surface area contributed by atoms with Gasteiger partial charge in [-0.2, -0.15) is 0 Å². The molecule has 0 spiro atoms. The minimum Gasteiger partial charge on any atom is -0.593 e. The Morgan fingerprint density at radius 1 is 1.07 bits per heavy atom.